The Balaban J connectivity index is 3.32. The van der Waals surface area contributed by atoms with E-state index < -0.39 is 0 Å². The van der Waals surface area contributed by atoms with E-state index in [2.05, 4.69) is 13.5 Å². The molecule has 28 heavy (non-hydrogen) atoms. The van der Waals surface area contributed by atoms with E-state index in [4.69, 9.17) is 9.47 Å². The highest BCUT2D eigenvalue weighted by molar-refractivity contribution is 5.69. The number of unbranched alkanes of at least 4 members (excludes halogenated alkanes) is 11. The molecule has 0 aliphatic rings. The monoisotopic (exact) mass is 396 g/mol. The molecule has 1 unspecified atom stereocenters. The summed E-state index contributed by atoms with van der Waals surface area (Å²) in [7, 11) is 0. The molecule has 0 saturated carbocycles. The molecule has 1 atom stereocenters. The lowest BCUT2D eigenvalue weighted by Gasteiger charge is -2.10. The average molecular weight is 397 g/mol. The minimum absolute atomic E-state index is 0.0534. The van der Waals surface area contributed by atoms with Gasteiger partial charge < -0.3 is 9.47 Å². The van der Waals surface area contributed by atoms with E-state index in [1.807, 2.05) is 6.92 Å². The fourth-order valence-corrected chi connectivity index (χ4v) is 3.13. The zero-order valence-electron chi connectivity index (χ0n) is 18.5. The Kier molecular flexibility index (Phi) is 19.5. The summed E-state index contributed by atoms with van der Waals surface area (Å²) in [6.07, 6.45) is 18.1. The van der Waals surface area contributed by atoms with Crippen LogP contribution in [0.15, 0.2) is 12.7 Å². The van der Waals surface area contributed by atoms with Crippen molar-refractivity contribution in [1.82, 2.24) is 0 Å². The second-order valence-electron chi connectivity index (χ2n) is 7.79. The average Bonchev–Trinajstić information content (AvgIpc) is 2.66. The van der Waals surface area contributed by atoms with Gasteiger partial charge in [0.1, 0.15) is 6.10 Å². The molecule has 0 heterocycles. The quantitative estimate of drug-likeness (QED) is 0.127. The van der Waals surface area contributed by atoms with Crippen molar-refractivity contribution in [3.8, 4) is 0 Å². The smallest absolute Gasteiger partial charge is 0.306 e. The molecule has 0 aliphatic heterocycles. The van der Waals surface area contributed by atoms with Gasteiger partial charge in [-0.3, -0.25) is 9.59 Å². The summed E-state index contributed by atoms with van der Waals surface area (Å²) >= 11 is 0. The first-order chi connectivity index (χ1) is 13.6. The van der Waals surface area contributed by atoms with Crippen LogP contribution in [0.2, 0.25) is 0 Å². The predicted octanol–water partition coefficient (Wildman–Crippen LogP) is 6.91. The van der Waals surface area contributed by atoms with Gasteiger partial charge in [0.05, 0.1) is 6.61 Å². The van der Waals surface area contributed by atoms with E-state index in [0.717, 1.165) is 51.4 Å². The van der Waals surface area contributed by atoms with Gasteiger partial charge in [0.15, 0.2) is 0 Å². The van der Waals surface area contributed by atoms with Gasteiger partial charge in [-0.05, 0) is 26.2 Å². The van der Waals surface area contributed by atoms with Crippen LogP contribution in [0.5, 0.6) is 0 Å². The summed E-state index contributed by atoms with van der Waals surface area (Å²) in [6, 6.07) is 0. The molecule has 0 rings (SSSR count). The summed E-state index contributed by atoms with van der Waals surface area (Å²) in [6.45, 7) is 8.34. The maximum atomic E-state index is 11.7. The fraction of sp³-hybridized carbons (Fsp3) is 0.833. The van der Waals surface area contributed by atoms with E-state index in [0.29, 0.717) is 25.9 Å². The van der Waals surface area contributed by atoms with Crippen LogP contribution in [0, 0.1) is 0 Å². The molecule has 0 aromatic rings. The van der Waals surface area contributed by atoms with Crippen LogP contribution in [0.25, 0.3) is 0 Å². The van der Waals surface area contributed by atoms with E-state index in [1.165, 1.54) is 32.1 Å². The molecule has 0 bridgehead atoms. The van der Waals surface area contributed by atoms with Crippen LogP contribution < -0.4 is 0 Å². The topological polar surface area (TPSA) is 52.6 Å². The summed E-state index contributed by atoms with van der Waals surface area (Å²) in [4.78, 5) is 23.3. The SMILES string of the molecule is C=CCC(C)OC(=O)CCCCCCCCC(=O)OCCCCCCCCC. The van der Waals surface area contributed by atoms with E-state index >= 15 is 0 Å². The molecule has 0 aromatic heterocycles. The van der Waals surface area contributed by atoms with Crippen LogP contribution in [0.3, 0.4) is 0 Å². The van der Waals surface area contributed by atoms with E-state index in [9.17, 15) is 9.59 Å². The molecule has 0 saturated heterocycles. The first kappa shape index (κ1) is 26.7. The van der Waals surface area contributed by atoms with Gasteiger partial charge in [0.2, 0.25) is 0 Å². The Hall–Kier alpha value is -1.32. The molecular formula is C24H44O4. The molecule has 0 N–H and O–H groups in total. The van der Waals surface area contributed by atoms with E-state index in [-0.39, 0.29) is 18.0 Å². The number of hydrogen-bond donors (Lipinski definition) is 0. The molecule has 164 valence electrons. The van der Waals surface area contributed by atoms with Crippen molar-refractivity contribution in [2.75, 3.05) is 6.61 Å². The Labute approximate surface area is 173 Å². The molecule has 4 nitrogen and oxygen atoms in total. The lowest BCUT2D eigenvalue weighted by Crippen LogP contribution is -2.13. The number of esters is 2. The van der Waals surface area contributed by atoms with Gasteiger partial charge in [-0.25, -0.2) is 0 Å². The van der Waals surface area contributed by atoms with Crippen LogP contribution in [-0.2, 0) is 19.1 Å². The van der Waals surface area contributed by atoms with Crippen molar-refractivity contribution in [3.05, 3.63) is 12.7 Å². The Morgan fingerprint density at radius 3 is 1.86 bits per heavy atom. The molecule has 0 amide bonds. The zero-order valence-corrected chi connectivity index (χ0v) is 18.5. The van der Waals surface area contributed by atoms with Gasteiger partial charge in [-0.15, -0.1) is 6.58 Å². The first-order valence-electron chi connectivity index (χ1n) is 11.6. The lowest BCUT2D eigenvalue weighted by molar-refractivity contribution is -0.148. The number of rotatable bonds is 20. The highest BCUT2D eigenvalue weighted by atomic mass is 16.5. The van der Waals surface area contributed by atoms with Crippen LogP contribution in [-0.4, -0.2) is 24.6 Å². The molecule has 0 fully saturated rings. The first-order valence-corrected chi connectivity index (χ1v) is 11.6. The van der Waals surface area contributed by atoms with Gasteiger partial charge >= 0.3 is 11.9 Å². The molecule has 0 radical (unpaired) electrons. The highest BCUT2D eigenvalue weighted by Gasteiger charge is 2.07. The Bertz CT molecular complexity index is 392. The van der Waals surface area contributed by atoms with Gasteiger partial charge in [-0.1, -0.05) is 77.2 Å². The third-order valence-electron chi connectivity index (χ3n) is 4.85. The number of ether oxygens (including phenoxy) is 2. The highest BCUT2D eigenvalue weighted by Crippen LogP contribution is 2.11. The molecule has 0 spiro atoms. The van der Waals surface area contributed by atoms with Crippen molar-refractivity contribution in [2.24, 2.45) is 0 Å². The summed E-state index contributed by atoms with van der Waals surface area (Å²) < 4.78 is 10.6. The fourth-order valence-electron chi connectivity index (χ4n) is 3.13. The second kappa shape index (κ2) is 20.4. The van der Waals surface area contributed by atoms with Crippen molar-refractivity contribution < 1.29 is 19.1 Å². The summed E-state index contributed by atoms with van der Waals surface area (Å²) in [5, 5.41) is 0. The van der Waals surface area contributed by atoms with Crippen LogP contribution in [0.1, 0.15) is 117 Å². The van der Waals surface area contributed by atoms with Crippen molar-refractivity contribution in [3.63, 3.8) is 0 Å². The van der Waals surface area contributed by atoms with Gasteiger partial charge in [-0.2, -0.15) is 0 Å². The lowest BCUT2D eigenvalue weighted by atomic mass is 10.1. The van der Waals surface area contributed by atoms with Crippen molar-refractivity contribution in [1.29, 1.82) is 0 Å². The number of carbonyl (C=O) groups is 2. The Morgan fingerprint density at radius 1 is 0.786 bits per heavy atom. The number of hydrogen-bond acceptors (Lipinski definition) is 4. The van der Waals surface area contributed by atoms with Crippen molar-refractivity contribution in [2.45, 2.75) is 123 Å². The van der Waals surface area contributed by atoms with E-state index in [1.54, 1.807) is 6.08 Å². The maximum Gasteiger partial charge on any atom is 0.306 e. The molecule has 0 aromatic carbocycles. The standard InChI is InChI=1S/C24H44O4/c1-4-6-7-8-11-14-17-21-27-23(25)19-15-12-9-10-13-16-20-24(26)28-22(3)18-5-2/h5,22H,2,4,6-21H2,1,3H3. The minimum atomic E-state index is -0.113. The van der Waals surface area contributed by atoms with Crippen molar-refractivity contribution >= 4 is 11.9 Å². The normalized spacial score (nSPS) is 11.8. The predicted molar refractivity (Wildman–Crippen MR) is 116 cm³/mol. The summed E-state index contributed by atoms with van der Waals surface area (Å²) in [5.41, 5.74) is 0. The van der Waals surface area contributed by atoms with Crippen LogP contribution in [0.4, 0.5) is 0 Å². The third-order valence-corrected chi connectivity index (χ3v) is 4.85. The minimum Gasteiger partial charge on any atom is -0.466 e. The zero-order chi connectivity index (χ0) is 20.9. The largest absolute Gasteiger partial charge is 0.466 e. The molecular weight excluding hydrogens is 352 g/mol. The second-order valence-corrected chi connectivity index (χ2v) is 7.79. The molecule has 0 aliphatic carbocycles. The molecule has 4 heteroatoms. The van der Waals surface area contributed by atoms with Crippen LogP contribution >= 0.6 is 0 Å². The number of carbonyl (C=O) groups excluding carboxylic acids is 2. The Morgan fingerprint density at radius 2 is 1.29 bits per heavy atom. The summed E-state index contributed by atoms with van der Waals surface area (Å²) in [5.74, 6) is -0.166. The third kappa shape index (κ3) is 19.4. The maximum absolute atomic E-state index is 11.7. The van der Waals surface area contributed by atoms with Gasteiger partial charge in [0.25, 0.3) is 0 Å². The van der Waals surface area contributed by atoms with Gasteiger partial charge in [0, 0.05) is 19.3 Å².